The van der Waals surface area contributed by atoms with E-state index in [0.29, 0.717) is 34.8 Å². The average Bonchev–Trinajstić information content (AvgIpc) is 3.14. The van der Waals surface area contributed by atoms with E-state index in [2.05, 4.69) is 17.0 Å². The maximum atomic E-state index is 12.9. The molecule has 0 radical (unpaired) electrons. The summed E-state index contributed by atoms with van der Waals surface area (Å²) >= 11 is 0. The number of ether oxygens (including phenoxy) is 1. The number of H-pyrrole nitrogens is 1. The Balaban J connectivity index is 1.85. The highest BCUT2D eigenvalue weighted by atomic mass is 16.7. The molecule has 0 atom stereocenters. The summed E-state index contributed by atoms with van der Waals surface area (Å²) in [4.78, 5) is 20.7. The molecule has 3 aromatic rings. The van der Waals surface area contributed by atoms with Crippen molar-refractivity contribution in [2.75, 3.05) is 6.61 Å². The molecule has 4 rings (SSSR count). The summed E-state index contributed by atoms with van der Waals surface area (Å²) in [5.74, 6) is 1.07. The fourth-order valence-electron chi connectivity index (χ4n) is 3.92. The number of aromatic amines is 1. The number of rotatable bonds is 6. The lowest BCUT2D eigenvalue weighted by molar-refractivity contribution is 0.00578. The predicted octanol–water partition coefficient (Wildman–Crippen LogP) is 2.97. The molecule has 3 heterocycles. The summed E-state index contributed by atoms with van der Waals surface area (Å²) in [6.07, 6.45) is 1.66. The monoisotopic (exact) mass is 438 g/mol. The molecule has 0 saturated carbocycles. The van der Waals surface area contributed by atoms with Crippen LogP contribution >= 0.6 is 0 Å². The quantitative estimate of drug-likeness (QED) is 0.595. The van der Waals surface area contributed by atoms with Gasteiger partial charge in [0.25, 0.3) is 5.56 Å². The minimum Gasteiger partial charge on any atom is -0.493 e. The zero-order chi connectivity index (χ0) is 23.3. The van der Waals surface area contributed by atoms with Gasteiger partial charge < -0.3 is 19.0 Å². The van der Waals surface area contributed by atoms with Crippen molar-refractivity contribution in [2.24, 2.45) is 7.05 Å². The summed E-state index contributed by atoms with van der Waals surface area (Å²) in [7, 11) is 1.24. The highest BCUT2D eigenvalue weighted by molar-refractivity contribution is 6.62. The second kappa shape index (κ2) is 8.05. The summed E-state index contributed by atoms with van der Waals surface area (Å²) in [6.45, 7) is 12.6. The lowest BCUT2D eigenvalue weighted by Gasteiger charge is -2.32. The molecule has 1 N–H and O–H groups in total. The van der Waals surface area contributed by atoms with Gasteiger partial charge in [-0.15, -0.1) is 0 Å². The SMILES string of the molecule is CCCc1nn(C)c2c(=O)[nH]c(-c3cc(B4OC(C)(C)C(C)(C)O4)ccc3OCC)nc12. The molecule has 1 aliphatic rings. The van der Waals surface area contributed by atoms with E-state index in [1.807, 2.05) is 52.8 Å². The number of hydrogen-bond acceptors (Lipinski definition) is 6. The third-order valence-electron chi connectivity index (χ3n) is 6.33. The van der Waals surface area contributed by atoms with Gasteiger partial charge in [-0.05, 0) is 58.6 Å². The molecule has 170 valence electrons. The largest absolute Gasteiger partial charge is 0.494 e. The normalized spacial score (nSPS) is 17.3. The molecule has 0 bridgehead atoms. The number of aromatic nitrogens is 4. The van der Waals surface area contributed by atoms with Gasteiger partial charge in [0, 0.05) is 7.05 Å². The minimum atomic E-state index is -0.529. The van der Waals surface area contributed by atoms with Crippen LogP contribution in [-0.4, -0.2) is 44.7 Å². The Hall–Kier alpha value is -2.65. The predicted molar refractivity (Wildman–Crippen MR) is 125 cm³/mol. The Labute approximate surface area is 188 Å². The van der Waals surface area contributed by atoms with Crippen molar-refractivity contribution in [3.63, 3.8) is 0 Å². The van der Waals surface area contributed by atoms with Gasteiger partial charge in [0.15, 0.2) is 5.52 Å². The molecule has 2 aromatic heterocycles. The molecular weight excluding hydrogens is 407 g/mol. The molecule has 1 aromatic carbocycles. The van der Waals surface area contributed by atoms with Gasteiger partial charge in [0.05, 0.1) is 29.1 Å². The van der Waals surface area contributed by atoms with Crippen molar-refractivity contribution >= 4 is 23.6 Å². The second-order valence-electron chi connectivity index (χ2n) is 9.21. The van der Waals surface area contributed by atoms with Crippen molar-refractivity contribution in [1.82, 2.24) is 19.7 Å². The Morgan fingerprint density at radius 3 is 2.47 bits per heavy atom. The van der Waals surface area contributed by atoms with Crippen molar-refractivity contribution in [3.8, 4) is 17.1 Å². The molecule has 9 heteroatoms. The van der Waals surface area contributed by atoms with Crippen LogP contribution in [0.4, 0.5) is 0 Å². The summed E-state index contributed by atoms with van der Waals surface area (Å²) in [6, 6.07) is 5.73. The highest BCUT2D eigenvalue weighted by Crippen LogP contribution is 2.37. The van der Waals surface area contributed by atoms with Gasteiger partial charge in [-0.25, -0.2) is 4.98 Å². The van der Waals surface area contributed by atoms with E-state index in [1.165, 1.54) is 0 Å². The number of hydrogen-bond donors (Lipinski definition) is 1. The van der Waals surface area contributed by atoms with Crippen LogP contribution in [0.2, 0.25) is 0 Å². The fraction of sp³-hybridized carbons (Fsp3) is 0.522. The van der Waals surface area contributed by atoms with Crippen LogP contribution in [-0.2, 0) is 22.8 Å². The first-order valence-electron chi connectivity index (χ1n) is 11.2. The van der Waals surface area contributed by atoms with Crippen LogP contribution in [0.1, 0.15) is 53.7 Å². The maximum absolute atomic E-state index is 12.9. The third-order valence-corrected chi connectivity index (χ3v) is 6.33. The van der Waals surface area contributed by atoms with Crippen LogP contribution < -0.4 is 15.8 Å². The zero-order valence-electron chi connectivity index (χ0n) is 19.9. The zero-order valence-corrected chi connectivity index (χ0v) is 19.9. The first-order chi connectivity index (χ1) is 15.1. The van der Waals surface area contributed by atoms with Crippen molar-refractivity contribution in [1.29, 1.82) is 0 Å². The summed E-state index contributed by atoms with van der Waals surface area (Å²) in [5.41, 5.74) is 2.30. The first kappa shape index (κ1) is 22.5. The van der Waals surface area contributed by atoms with Crippen LogP contribution in [0.15, 0.2) is 23.0 Å². The minimum absolute atomic E-state index is 0.231. The van der Waals surface area contributed by atoms with E-state index in [-0.39, 0.29) is 5.56 Å². The molecule has 1 saturated heterocycles. The molecule has 0 amide bonds. The van der Waals surface area contributed by atoms with E-state index in [9.17, 15) is 4.79 Å². The number of aryl methyl sites for hydroxylation is 2. The van der Waals surface area contributed by atoms with Gasteiger partial charge in [-0.1, -0.05) is 19.4 Å². The average molecular weight is 438 g/mol. The first-order valence-corrected chi connectivity index (χ1v) is 11.2. The molecule has 32 heavy (non-hydrogen) atoms. The van der Waals surface area contributed by atoms with Gasteiger partial charge in [-0.3, -0.25) is 9.48 Å². The lowest BCUT2D eigenvalue weighted by Crippen LogP contribution is -2.41. The smallest absolute Gasteiger partial charge is 0.493 e. The van der Waals surface area contributed by atoms with E-state index >= 15 is 0 Å². The van der Waals surface area contributed by atoms with Crippen molar-refractivity contribution < 1.29 is 14.0 Å². The molecule has 0 aliphatic carbocycles. The van der Waals surface area contributed by atoms with E-state index in [1.54, 1.807) is 11.7 Å². The Morgan fingerprint density at radius 1 is 1.16 bits per heavy atom. The van der Waals surface area contributed by atoms with Gasteiger partial charge in [-0.2, -0.15) is 5.10 Å². The number of benzene rings is 1. The molecule has 8 nitrogen and oxygen atoms in total. The number of nitrogens with zero attached hydrogens (tertiary/aromatic N) is 3. The Kier molecular flexibility index (Phi) is 5.67. The third kappa shape index (κ3) is 3.73. The van der Waals surface area contributed by atoms with Crippen LogP contribution in [0.3, 0.4) is 0 Å². The Bertz CT molecular complexity index is 1200. The number of nitrogens with one attached hydrogen (secondary N) is 1. The van der Waals surface area contributed by atoms with Gasteiger partial charge >= 0.3 is 7.12 Å². The van der Waals surface area contributed by atoms with Crippen LogP contribution in [0, 0.1) is 0 Å². The molecule has 1 aliphatic heterocycles. The standard InChI is InChI=1S/C23H31BN4O4/c1-8-10-16-18-19(28(7)27-16)21(29)26-20(25-18)15-13-14(11-12-17(15)30-9-2)24-31-22(3,4)23(5,6)32-24/h11-13H,8-10H2,1-7H3,(H,25,26,29). The fourth-order valence-corrected chi connectivity index (χ4v) is 3.92. The maximum Gasteiger partial charge on any atom is 0.494 e. The van der Waals surface area contributed by atoms with Crippen LogP contribution in [0.5, 0.6) is 5.75 Å². The topological polar surface area (TPSA) is 91.3 Å². The van der Waals surface area contributed by atoms with Crippen LogP contribution in [0.25, 0.3) is 22.4 Å². The van der Waals surface area contributed by atoms with Gasteiger partial charge in [0.1, 0.15) is 17.1 Å². The van der Waals surface area contributed by atoms with Gasteiger partial charge in [0.2, 0.25) is 0 Å². The number of fused-ring (bicyclic) bond motifs is 1. The summed E-state index contributed by atoms with van der Waals surface area (Å²) in [5, 5.41) is 4.51. The van der Waals surface area contributed by atoms with E-state index in [0.717, 1.165) is 24.0 Å². The molecule has 1 fully saturated rings. The molecular formula is C23H31BN4O4. The molecule has 0 spiro atoms. The van der Waals surface area contributed by atoms with E-state index < -0.39 is 18.3 Å². The highest BCUT2D eigenvalue weighted by Gasteiger charge is 2.51. The molecule has 0 unspecified atom stereocenters. The second-order valence-corrected chi connectivity index (χ2v) is 9.21. The van der Waals surface area contributed by atoms with Crippen molar-refractivity contribution in [3.05, 3.63) is 34.2 Å². The lowest BCUT2D eigenvalue weighted by atomic mass is 9.78. The van der Waals surface area contributed by atoms with Crippen molar-refractivity contribution in [2.45, 2.75) is 65.6 Å². The summed E-state index contributed by atoms with van der Waals surface area (Å²) < 4.78 is 19.9. The Morgan fingerprint density at radius 2 is 1.84 bits per heavy atom. The van der Waals surface area contributed by atoms with E-state index in [4.69, 9.17) is 19.0 Å².